The number of hydrogen-bond donors (Lipinski definition) is 1. The number of imidazole rings is 1. The second-order valence-corrected chi connectivity index (χ2v) is 6.22. The van der Waals surface area contributed by atoms with E-state index >= 15 is 0 Å². The average Bonchev–Trinajstić information content (AvgIpc) is 3.21. The van der Waals surface area contributed by atoms with Crippen LogP contribution in [0.1, 0.15) is 5.56 Å². The van der Waals surface area contributed by atoms with Crippen molar-refractivity contribution < 1.29 is 0 Å². The molecule has 104 valence electrons. The Bertz CT molecular complexity index is 817. The van der Waals surface area contributed by atoms with Crippen LogP contribution in [0, 0.1) is 0 Å². The van der Waals surface area contributed by atoms with Gasteiger partial charge in [-0.3, -0.25) is 4.98 Å². The molecule has 0 fully saturated rings. The van der Waals surface area contributed by atoms with Gasteiger partial charge in [0.2, 0.25) is 10.1 Å². The molecule has 4 aromatic rings. The van der Waals surface area contributed by atoms with E-state index in [0.29, 0.717) is 6.54 Å². The van der Waals surface area contributed by atoms with Crippen LogP contribution in [-0.2, 0) is 6.54 Å². The first kappa shape index (κ1) is 12.5. The monoisotopic (exact) mass is 313 g/mol. The predicted molar refractivity (Wildman–Crippen MR) is 85.7 cm³/mol. The summed E-state index contributed by atoms with van der Waals surface area (Å²) < 4.78 is 1.82. The maximum Gasteiger partial charge on any atom is 0.214 e. The van der Waals surface area contributed by atoms with Crippen LogP contribution in [0.25, 0.3) is 16.2 Å². The first-order chi connectivity index (χ1) is 10.4. The van der Waals surface area contributed by atoms with E-state index in [4.69, 9.17) is 0 Å². The van der Waals surface area contributed by atoms with Gasteiger partial charge < -0.3 is 5.32 Å². The summed E-state index contributed by atoms with van der Waals surface area (Å²) in [6.07, 6.45) is 5.58. The number of aromatic nitrogens is 4. The molecule has 5 nitrogen and oxygen atoms in total. The van der Waals surface area contributed by atoms with E-state index in [1.165, 1.54) is 0 Å². The Morgan fingerprint density at radius 2 is 2.29 bits per heavy atom. The Morgan fingerprint density at radius 3 is 3.05 bits per heavy atom. The van der Waals surface area contributed by atoms with Crippen LogP contribution in [0.2, 0.25) is 0 Å². The number of hydrogen-bond acceptors (Lipinski definition) is 6. The highest BCUT2D eigenvalue weighted by Gasteiger charge is 2.09. The molecular formula is C14H11N5S2. The number of fused-ring (bicyclic) bond motifs is 1. The van der Waals surface area contributed by atoms with Crippen molar-refractivity contribution in [2.45, 2.75) is 6.54 Å². The second-order valence-electron chi connectivity index (χ2n) is 4.49. The molecule has 0 aliphatic heterocycles. The van der Waals surface area contributed by atoms with Crippen LogP contribution in [0.3, 0.4) is 0 Å². The molecule has 0 saturated heterocycles. The van der Waals surface area contributed by atoms with E-state index < -0.39 is 0 Å². The van der Waals surface area contributed by atoms with Gasteiger partial charge in [-0.25, -0.2) is 9.50 Å². The van der Waals surface area contributed by atoms with Gasteiger partial charge >= 0.3 is 0 Å². The van der Waals surface area contributed by atoms with Crippen LogP contribution in [0.4, 0.5) is 5.13 Å². The summed E-state index contributed by atoms with van der Waals surface area (Å²) in [5.41, 5.74) is 3.24. The number of rotatable bonds is 4. The summed E-state index contributed by atoms with van der Waals surface area (Å²) in [7, 11) is 0. The first-order valence-corrected chi connectivity index (χ1v) is 8.16. The van der Waals surface area contributed by atoms with Crippen molar-refractivity contribution in [1.82, 2.24) is 19.6 Å². The van der Waals surface area contributed by atoms with E-state index in [0.717, 1.165) is 26.9 Å². The van der Waals surface area contributed by atoms with Crippen LogP contribution in [-0.4, -0.2) is 19.6 Å². The van der Waals surface area contributed by atoms with Crippen molar-refractivity contribution in [2.24, 2.45) is 0 Å². The molecule has 0 spiro atoms. The summed E-state index contributed by atoms with van der Waals surface area (Å²) in [5.74, 6) is 0. The van der Waals surface area contributed by atoms with Gasteiger partial charge in [0.1, 0.15) is 0 Å². The highest BCUT2D eigenvalue weighted by Crippen LogP contribution is 2.25. The third kappa shape index (κ3) is 2.53. The zero-order valence-electron chi connectivity index (χ0n) is 10.9. The Hall–Kier alpha value is -2.25. The normalized spacial score (nSPS) is 11.0. The molecule has 4 aromatic heterocycles. The third-order valence-corrected chi connectivity index (χ3v) is 4.59. The molecule has 1 N–H and O–H groups in total. The van der Waals surface area contributed by atoms with Gasteiger partial charge in [-0.05, 0) is 23.1 Å². The van der Waals surface area contributed by atoms with Crippen LogP contribution in [0.5, 0.6) is 0 Å². The Morgan fingerprint density at radius 1 is 1.29 bits per heavy atom. The van der Waals surface area contributed by atoms with Gasteiger partial charge in [0.05, 0.1) is 11.9 Å². The largest absolute Gasteiger partial charge is 0.356 e. The van der Waals surface area contributed by atoms with Crippen LogP contribution >= 0.6 is 22.7 Å². The molecule has 0 amide bonds. The molecule has 0 saturated carbocycles. The van der Waals surface area contributed by atoms with Crippen molar-refractivity contribution in [1.29, 1.82) is 0 Å². The van der Waals surface area contributed by atoms with Gasteiger partial charge in [0, 0.05) is 29.9 Å². The van der Waals surface area contributed by atoms with Crippen molar-refractivity contribution in [2.75, 3.05) is 5.32 Å². The summed E-state index contributed by atoms with van der Waals surface area (Å²) in [5, 5.41) is 12.8. The highest BCUT2D eigenvalue weighted by atomic mass is 32.1. The number of thiophene rings is 1. The second kappa shape index (κ2) is 5.27. The molecule has 4 rings (SSSR count). The van der Waals surface area contributed by atoms with E-state index in [9.17, 15) is 0 Å². The third-order valence-electron chi connectivity index (χ3n) is 3.03. The number of nitrogens with one attached hydrogen (secondary N) is 1. The summed E-state index contributed by atoms with van der Waals surface area (Å²) in [6.45, 7) is 0.710. The van der Waals surface area contributed by atoms with Gasteiger partial charge in [-0.1, -0.05) is 17.4 Å². The predicted octanol–water partition coefficient (Wildman–Crippen LogP) is 3.53. The zero-order valence-corrected chi connectivity index (χ0v) is 12.6. The van der Waals surface area contributed by atoms with Crippen molar-refractivity contribution in [3.8, 4) is 11.3 Å². The lowest BCUT2D eigenvalue weighted by Crippen LogP contribution is -1.99. The van der Waals surface area contributed by atoms with E-state index in [-0.39, 0.29) is 0 Å². The molecule has 0 aliphatic rings. The minimum Gasteiger partial charge on any atom is -0.356 e. The topological polar surface area (TPSA) is 55.1 Å². The Labute approximate surface area is 128 Å². The standard InChI is InChI=1S/C14H11N5S2/c1-2-10(6-15-4-1)7-16-13-18-19-8-12(17-14(19)21-13)11-3-5-20-9-11/h1-6,8-9H,7H2,(H,16,18). The lowest BCUT2D eigenvalue weighted by atomic mass is 10.3. The fourth-order valence-electron chi connectivity index (χ4n) is 2.00. The summed E-state index contributed by atoms with van der Waals surface area (Å²) >= 11 is 3.22. The lowest BCUT2D eigenvalue weighted by Gasteiger charge is -2.00. The van der Waals surface area contributed by atoms with Crippen molar-refractivity contribution in [3.63, 3.8) is 0 Å². The molecule has 0 radical (unpaired) electrons. The Kier molecular flexibility index (Phi) is 3.13. The number of anilines is 1. The maximum atomic E-state index is 4.60. The zero-order chi connectivity index (χ0) is 14.1. The number of pyridine rings is 1. The van der Waals surface area contributed by atoms with E-state index in [1.54, 1.807) is 28.9 Å². The molecule has 0 bridgehead atoms. The van der Waals surface area contributed by atoms with E-state index in [1.807, 2.05) is 29.0 Å². The van der Waals surface area contributed by atoms with Gasteiger partial charge in [-0.2, -0.15) is 11.3 Å². The number of nitrogens with zero attached hydrogens (tertiary/aromatic N) is 4. The SMILES string of the molecule is c1cncc(CNc2nn3cc(-c4ccsc4)nc3s2)c1. The van der Waals surface area contributed by atoms with Crippen molar-refractivity contribution >= 4 is 32.8 Å². The van der Waals surface area contributed by atoms with Crippen LogP contribution in [0.15, 0.2) is 47.5 Å². The fourth-order valence-corrected chi connectivity index (χ4v) is 3.43. The quantitative estimate of drug-likeness (QED) is 0.626. The minimum absolute atomic E-state index is 0.710. The van der Waals surface area contributed by atoms with Crippen molar-refractivity contribution in [3.05, 3.63) is 53.1 Å². The Balaban J connectivity index is 1.54. The molecule has 0 unspecified atom stereocenters. The summed E-state index contributed by atoms with van der Waals surface area (Å²) in [6, 6.07) is 6.03. The molecular weight excluding hydrogens is 302 g/mol. The van der Waals surface area contributed by atoms with Crippen LogP contribution < -0.4 is 5.32 Å². The van der Waals surface area contributed by atoms with Gasteiger partial charge in [0.15, 0.2) is 0 Å². The molecule has 0 aliphatic carbocycles. The summed E-state index contributed by atoms with van der Waals surface area (Å²) in [4.78, 5) is 9.59. The minimum atomic E-state index is 0.710. The average molecular weight is 313 g/mol. The molecule has 7 heteroatoms. The smallest absolute Gasteiger partial charge is 0.214 e. The fraction of sp³-hybridized carbons (Fsp3) is 0.0714. The maximum absolute atomic E-state index is 4.60. The van der Waals surface area contributed by atoms with E-state index in [2.05, 4.69) is 37.2 Å². The molecule has 0 aromatic carbocycles. The lowest BCUT2D eigenvalue weighted by molar-refractivity contribution is 0.961. The first-order valence-electron chi connectivity index (χ1n) is 6.40. The molecule has 0 atom stereocenters. The molecule has 21 heavy (non-hydrogen) atoms. The molecule has 4 heterocycles. The van der Waals surface area contributed by atoms with Gasteiger partial charge in [0.25, 0.3) is 0 Å². The highest BCUT2D eigenvalue weighted by molar-refractivity contribution is 7.20. The van der Waals surface area contributed by atoms with Gasteiger partial charge in [-0.15, -0.1) is 5.10 Å².